The molecule has 122 valence electrons. The predicted molar refractivity (Wildman–Crippen MR) is 96.2 cm³/mol. The van der Waals surface area contributed by atoms with Crippen molar-refractivity contribution < 1.29 is 0 Å². The van der Waals surface area contributed by atoms with Crippen molar-refractivity contribution in [2.24, 2.45) is 7.05 Å². The topological polar surface area (TPSA) is 60.6 Å². The number of fused-ring (bicyclic) bond motifs is 1. The van der Waals surface area contributed by atoms with Crippen LogP contribution in [-0.4, -0.2) is 24.3 Å². The highest BCUT2D eigenvalue weighted by Crippen LogP contribution is 2.31. The largest absolute Gasteiger partial charge is 0.353 e. The zero-order valence-electron chi connectivity index (χ0n) is 13.5. The second kappa shape index (κ2) is 6.09. The van der Waals surface area contributed by atoms with E-state index in [4.69, 9.17) is 4.98 Å². The lowest BCUT2D eigenvalue weighted by Crippen LogP contribution is -2.16. The van der Waals surface area contributed by atoms with E-state index in [0.29, 0.717) is 0 Å². The summed E-state index contributed by atoms with van der Waals surface area (Å²) in [6, 6.07) is 10.5. The van der Waals surface area contributed by atoms with Crippen LogP contribution in [0.15, 0.2) is 49.1 Å². The van der Waals surface area contributed by atoms with E-state index in [0.717, 1.165) is 27.7 Å². The summed E-state index contributed by atoms with van der Waals surface area (Å²) in [5, 5.41) is 8.91. The Balaban J connectivity index is 1.66. The van der Waals surface area contributed by atoms with Crippen LogP contribution in [0, 0.1) is 6.92 Å². The maximum atomic E-state index is 4.71. The molecule has 0 saturated heterocycles. The third-order valence-corrected chi connectivity index (χ3v) is 5.08. The van der Waals surface area contributed by atoms with Crippen molar-refractivity contribution >= 4 is 26.8 Å². The quantitative estimate of drug-likeness (QED) is 0.606. The number of anilines is 1. The molecule has 0 unspecified atom stereocenters. The second-order valence-corrected chi connectivity index (χ2v) is 6.75. The molecule has 24 heavy (non-hydrogen) atoms. The fourth-order valence-corrected chi connectivity index (χ4v) is 3.81. The second-order valence-electron chi connectivity index (χ2n) is 5.75. The Morgan fingerprint density at radius 3 is 2.79 bits per heavy atom. The monoisotopic (exact) mass is 338 g/mol. The Morgan fingerprint density at radius 1 is 1.25 bits per heavy atom. The number of hydrogen-bond acceptors (Lipinski definition) is 5. The van der Waals surface area contributed by atoms with Crippen molar-refractivity contribution in [2.75, 3.05) is 5.32 Å². The minimum absolute atomic E-state index is 0.120. The predicted octanol–water partition coefficient (Wildman–Crippen LogP) is 3.39. The first-order chi connectivity index (χ1) is 11.7. The SMILES string of the molecule is Cc1nn(C)c2nc(N[C@@H](Cn3ccnc3)c3ccccc3)sc12. The van der Waals surface area contributed by atoms with E-state index in [1.165, 1.54) is 5.56 Å². The fraction of sp³-hybridized carbons (Fsp3) is 0.235. The van der Waals surface area contributed by atoms with Crippen LogP contribution in [0.5, 0.6) is 0 Å². The third-order valence-electron chi connectivity index (χ3n) is 4.00. The molecule has 0 aliphatic carbocycles. The number of imidazole rings is 1. The summed E-state index contributed by atoms with van der Waals surface area (Å²) in [5.74, 6) is 0. The van der Waals surface area contributed by atoms with Crippen molar-refractivity contribution in [3.63, 3.8) is 0 Å². The first-order valence-corrected chi connectivity index (χ1v) is 8.60. The fourth-order valence-electron chi connectivity index (χ4n) is 2.82. The van der Waals surface area contributed by atoms with Gasteiger partial charge >= 0.3 is 0 Å². The van der Waals surface area contributed by atoms with Gasteiger partial charge in [-0.05, 0) is 12.5 Å². The number of nitrogens with one attached hydrogen (secondary N) is 1. The van der Waals surface area contributed by atoms with Gasteiger partial charge in [0.1, 0.15) is 0 Å². The highest BCUT2D eigenvalue weighted by Gasteiger charge is 2.17. The summed E-state index contributed by atoms with van der Waals surface area (Å²) in [7, 11) is 1.93. The molecule has 0 radical (unpaired) electrons. The van der Waals surface area contributed by atoms with Crippen LogP contribution < -0.4 is 5.32 Å². The van der Waals surface area contributed by atoms with Crippen LogP contribution in [0.3, 0.4) is 0 Å². The van der Waals surface area contributed by atoms with Crippen molar-refractivity contribution in [2.45, 2.75) is 19.5 Å². The molecule has 0 aliphatic heterocycles. The van der Waals surface area contributed by atoms with Crippen molar-refractivity contribution in [3.05, 3.63) is 60.3 Å². The molecule has 4 rings (SSSR count). The highest BCUT2D eigenvalue weighted by atomic mass is 32.1. The summed E-state index contributed by atoms with van der Waals surface area (Å²) in [6.07, 6.45) is 5.61. The molecule has 0 saturated carbocycles. The summed E-state index contributed by atoms with van der Waals surface area (Å²) in [4.78, 5) is 8.85. The van der Waals surface area contributed by atoms with Gasteiger partial charge in [-0.2, -0.15) is 5.10 Å². The van der Waals surface area contributed by atoms with Crippen molar-refractivity contribution in [1.82, 2.24) is 24.3 Å². The van der Waals surface area contributed by atoms with E-state index in [1.807, 2.05) is 37.2 Å². The molecule has 0 bridgehead atoms. The molecule has 1 atom stereocenters. The lowest BCUT2D eigenvalue weighted by molar-refractivity contribution is 0.607. The maximum Gasteiger partial charge on any atom is 0.185 e. The van der Waals surface area contributed by atoms with Crippen LogP contribution in [-0.2, 0) is 13.6 Å². The van der Waals surface area contributed by atoms with Gasteiger partial charge in [0.25, 0.3) is 0 Å². The lowest BCUT2D eigenvalue weighted by Gasteiger charge is -2.19. The average Bonchev–Trinajstić information content (AvgIpc) is 3.29. The first-order valence-electron chi connectivity index (χ1n) is 7.78. The van der Waals surface area contributed by atoms with Crippen molar-refractivity contribution in [1.29, 1.82) is 0 Å². The number of rotatable bonds is 5. The zero-order valence-corrected chi connectivity index (χ0v) is 14.4. The van der Waals surface area contributed by atoms with Gasteiger partial charge < -0.3 is 9.88 Å². The van der Waals surface area contributed by atoms with Gasteiger partial charge in [-0.1, -0.05) is 41.7 Å². The van der Waals surface area contributed by atoms with Gasteiger partial charge in [-0.25, -0.2) is 14.6 Å². The van der Waals surface area contributed by atoms with E-state index in [1.54, 1.807) is 17.5 Å². The number of hydrogen-bond donors (Lipinski definition) is 1. The van der Waals surface area contributed by atoms with E-state index in [2.05, 4.69) is 44.2 Å². The number of nitrogens with zero attached hydrogens (tertiary/aromatic N) is 5. The molecule has 0 spiro atoms. The van der Waals surface area contributed by atoms with Gasteiger partial charge in [0.15, 0.2) is 10.8 Å². The Kier molecular flexibility index (Phi) is 3.78. The van der Waals surface area contributed by atoms with Crippen LogP contribution in [0.2, 0.25) is 0 Å². The minimum atomic E-state index is 0.120. The number of aryl methyl sites for hydroxylation is 2. The van der Waals surface area contributed by atoms with Gasteiger partial charge in [-0.3, -0.25) is 0 Å². The molecule has 3 aromatic heterocycles. The molecule has 6 nitrogen and oxygen atoms in total. The van der Waals surface area contributed by atoms with E-state index < -0.39 is 0 Å². The summed E-state index contributed by atoms with van der Waals surface area (Å²) >= 11 is 1.65. The summed E-state index contributed by atoms with van der Waals surface area (Å²) < 4.78 is 5.04. The molecule has 0 fully saturated rings. The van der Waals surface area contributed by atoms with Gasteiger partial charge in [-0.15, -0.1) is 0 Å². The molecular formula is C17H18N6S. The van der Waals surface area contributed by atoms with Crippen LogP contribution in [0.1, 0.15) is 17.3 Å². The van der Waals surface area contributed by atoms with Crippen molar-refractivity contribution in [3.8, 4) is 0 Å². The molecule has 7 heteroatoms. The molecule has 0 aliphatic rings. The van der Waals surface area contributed by atoms with Gasteiger partial charge in [0.05, 0.1) is 22.8 Å². The smallest absolute Gasteiger partial charge is 0.185 e. The number of benzene rings is 1. The standard InChI is InChI=1S/C17H18N6S/c1-12-15-16(22(2)21-12)20-17(24-15)19-14(10-23-9-8-18-11-23)13-6-4-3-5-7-13/h3-9,11,14H,10H2,1-2H3,(H,19,20)/t14-/m0/s1. The van der Waals surface area contributed by atoms with E-state index in [9.17, 15) is 0 Å². The van der Waals surface area contributed by atoms with Crippen LogP contribution >= 0.6 is 11.3 Å². The highest BCUT2D eigenvalue weighted by molar-refractivity contribution is 7.22. The minimum Gasteiger partial charge on any atom is -0.353 e. The molecule has 3 heterocycles. The molecule has 1 aromatic carbocycles. The first kappa shape index (κ1) is 14.9. The number of thiazole rings is 1. The van der Waals surface area contributed by atoms with E-state index >= 15 is 0 Å². The number of aromatic nitrogens is 5. The molecule has 4 aromatic rings. The molecular weight excluding hydrogens is 320 g/mol. The zero-order chi connectivity index (χ0) is 16.5. The average molecular weight is 338 g/mol. The Bertz CT molecular complexity index is 904. The summed E-state index contributed by atoms with van der Waals surface area (Å²) in [6.45, 7) is 2.81. The Morgan fingerprint density at radius 2 is 2.08 bits per heavy atom. The van der Waals surface area contributed by atoms with Gasteiger partial charge in [0, 0.05) is 26.0 Å². The summed E-state index contributed by atoms with van der Waals surface area (Å²) in [5.41, 5.74) is 3.17. The molecule has 1 N–H and O–H groups in total. The normalized spacial score (nSPS) is 12.6. The third kappa shape index (κ3) is 2.78. The van der Waals surface area contributed by atoms with E-state index in [-0.39, 0.29) is 6.04 Å². The molecule has 0 amide bonds. The van der Waals surface area contributed by atoms with Gasteiger partial charge in [0.2, 0.25) is 0 Å². The Hall–Kier alpha value is -2.67. The van der Waals surface area contributed by atoms with Crippen LogP contribution in [0.4, 0.5) is 5.13 Å². The Labute approximate surface area is 143 Å². The van der Waals surface area contributed by atoms with Crippen LogP contribution in [0.25, 0.3) is 10.3 Å². The maximum absolute atomic E-state index is 4.71. The lowest BCUT2D eigenvalue weighted by atomic mass is 10.1.